The van der Waals surface area contributed by atoms with Crippen molar-refractivity contribution in [2.24, 2.45) is 5.92 Å². The molecule has 7 rings (SSSR count). The first kappa shape index (κ1) is 32.7. The summed E-state index contributed by atoms with van der Waals surface area (Å²) >= 11 is 0. The predicted octanol–water partition coefficient (Wildman–Crippen LogP) is 2.77. The zero-order chi connectivity index (χ0) is 34.3. The number of amides is 4. The van der Waals surface area contributed by atoms with Crippen LogP contribution in [0.4, 0.5) is 4.79 Å². The Morgan fingerprint density at radius 1 is 1.02 bits per heavy atom. The number of pyridine rings is 2. The van der Waals surface area contributed by atoms with Crippen LogP contribution in [0.3, 0.4) is 0 Å². The fourth-order valence-corrected chi connectivity index (χ4v) is 8.37. The summed E-state index contributed by atoms with van der Waals surface area (Å²) in [6, 6.07) is 9.03. The summed E-state index contributed by atoms with van der Waals surface area (Å²) in [5, 5.41) is 16.5. The van der Waals surface area contributed by atoms with Gasteiger partial charge in [0.2, 0.25) is 27.7 Å². The van der Waals surface area contributed by atoms with E-state index in [2.05, 4.69) is 25.3 Å². The molecule has 2 aliphatic heterocycles. The minimum atomic E-state index is -3.89. The number of allylic oxidation sites excluding steroid dienone is 1. The maximum absolute atomic E-state index is 14.2. The lowest BCUT2D eigenvalue weighted by atomic mass is 10.1. The van der Waals surface area contributed by atoms with Crippen LogP contribution in [-0.4, -0.2) is 87.7 Å². The molecule has 1 saturated heterocycles. The van der Waals surface area contributed by atoms with Crippen LogP contribution in [0.15, 0.2) is 54.7 Å². The fourth-order valence-electron chi connectivity index (χ4n) is 7.00. The molecule has 4 aliphatic rings. The Labute approximate surface area is 282 Å². The molecule has 0 bridgehead atoms. The Balaban J connectivity index is 1.21. The average molecular weight is 691 g/mol. The largest absolute Gasteiger partial charge is 0.472 e. The summed E-state index contributed by atoms with van der Waals surface area (Å²) in [5.41, 5.74) is -1.05. The molecule has 49 heavy (non-hydrogen) atoms. The van der Waals surface area contributed by atoms with Crippen molar-refractivity contribution in [1.29, 1.82) is 0 Å². The van der Waals surface area contributed by atoms with Gasteiger partial charge in [-0.15, -0.1) is 0 Å². The number of nitrogens with one attached hydrogen (secondary N) is 3. The number of fused-ring (bicyclic) bond motifs is 5. The molecule has 0 unspecified atom stereocenters. The maximum atomic E-state index is 14.2. The Morgan fingerprint density at radius 2 is 1.80 bits per heavy atom. The highest BCUT2D eigenvalue weighted by molar-refractivity contribution is 7.91. The lowest BCUT2D eigenvalue weighted by molar-refractivity contribution is -0.141. The Morgan fingerprint density at radius 3 is 2.57 bits per heavy atom. The lowest BCUT2D eigenvalue weighted by Gasteiger charge is -2.29. The SMILES string of the molecule is O=C(O)N[C@H]1CCCCC/C=C\[C@@H]2C[C@@]2(C(=O)NS(=O)(=O)C2CC2)NC(=O)[C@@H]2C[C@@H](Oc3nc4ncccc4c4ccccc34)CN2C1=O. The molecule has 15 heteroatoms. The first-order chi connectivity index (χ1) is 23.6. The van der Waals surface area contributed by atoms with E-state index in [4.69, 9.17) is 4.74 Å². The number of carbonyl (C=O) groups excluding carboxylic acids is 3. The molecule has 0 spiro atoms. The van der Waals surface area contributed by atoms with E-state index in [1.165, 1.54) is 4.90 Å². The third kappa shape index (κ3) is 6.63. The normalized spacial score (nSPS) is 28.4. The number of carboxylic acid groups (broad SMARTS) is 1. The predicted molar refractivity (Wildman–Crippen MR) is 178 cm³/mol. The fraction of sp³-hybridized carbons (Fsp3) is 0.471. The van der Waals surface area contributed by atoms with Crippen LogP contribution in [0.25, 0.3) is 21.8 Å². The van der Waals surface area contributed by atoms with Crippen LogP contribution in [0.5, 0.6) is 5.88 Å². The molecule has 2 aromatic heterocycles. The number of rotatable bonds is 6. The molecular weight excluding hydrogens is 652 g/mol. The van der Waals surface area contributed by atoms with Crippen LogP contribution in [0, 0.1) is 5.92 Å². The summed E-state index contributed by atoms with van der Waals surface area (Å²) in [6.07, 6.45) is 7.43. The van der Waals surface area contributed by atoms with Gasteiger partial charge < -0.3 is 25.4 Å². The van der Waals surface area contributed by atoms with Gasteiger partial charge in [0.15, 0.2) is 5.65 Å². The smallest absolute Gasteiger partial charge is 0.405 e. The van der Waals surface area contributed by atoms with Gasteiger partial charge in [-0.2, -0.15) is 4.98 Å². The lowest BCUT2D eigenvalue weighted by Crippen LogP contribution is -2.58. The summed E-state index contributed by atoms with van der Waals surface area (Å²) < 4.78 is 34.1. The third-order valence-corrected chi connectivity index (χ3v) is 11.7. The highest BCUT2D eigenvalue weighted by atomic mass is 32.2. The van der Waals surface area contributed by atoms with E-state index in [-0.39, 0.29) is 31.7 Å². The second kappa shape index (κ2) is 12.9. The number of sulfonamides is 1. The average Bonchev–Trinajstić information content (AvgIpc) is 4.00. The van der Waals surface area contributed by atoms with Crippen molar-refractivity contribution in [3.8, 4) is 5.88 Å². The van der Waals surface area contributed by atoms with Crippen molar-refractivity contribution in [3.63, 3.8) is 0 Å². The van der Waals surface area contributed by atoms with Gasteiger partial charge in [-0.05, 0) is 62.1 Å². The minimum Gasteiger partial charge on any atom is -0.472 e. The van der Waals surface area contributed by atoms with E-state index < -0.39 is 68.7 Å². The standard InChI is InChI=1S/C34H38N6O8S/c41-29-27-17-21(48-30-25-11-7-6-10-23(25)24-12-8-16-35-28(24)37-30)19-40(27)31(42)26(36-33(44)45)13-5-3-1-2-4-9-20-18-34(20,38-29)32(43)39-49(46,47)22-14-15-22/h4,6-12,16,20-22,26-27,36H,1-3,5,13-15,17-19H2,(H,38,41)(H,39,43)(H,44,45)/b9-4-/t20-,21-,26+,27+,34-/m1/s1. The van der Waals surface area contributed by atoms with Gasteiger partial charge in [-0.3, -0.25) is 19.1 Å². The Kier molecular flexibility index (Phi) is 8.63. The number of nitrogens with zero attached hydrogens (tertiary/aromatic N) is 3. The van der Waals surface area contributed by atoms with Crippen molar-refractivity contribution < 1.29 is 37.4 Å². The molecule has 5 atom stereocenters. The summed E-state index contributed by atoms with van der Waals surface area (Å²) in [5.74, 6) is -2.20. The van der Waals surface area contributed by atoms with E-state index in [0.29, 0.717) is 36.7 Å². The van der Waals surface area contributed by atoms with Crippen molar-refractivity contribution in [2.45, 2.75) is 86.8 Å². The van der Waals surface area contributed by atoms with Gasteiger partial charge >= 0.3 is 6.09 Å². The summed E-state index contributed by atoms with van der Waals surface area (Å²) in [7, 11) is -3.89. The molecule has 4 heterocycles. The zero-order valence-corrected chi connectivity index (χ0v) is 27.5. The van der Waals surface area contributed by atoms with Crippen molar-refractivity contribution >= 4 is 55.6 Å². The highest BCUT2D eigenvalue weighted by Crippen LogP contribution is 2.46. The Hall–Kier alpha value is -4.79. The summed E-state index contributed by atoms with van der Waals surface area (Å²) in [6.45, 7) is -0.0520. The second-order valence-electron chi connectivity index (χ2n) is 13.3. The molecule has 1 aromatic carbocycles. The van der Waals surface area contributed by atoms with Gasteiger partial charge in [-0.25, -0.2) is 18.2 Å². The van der Waals surface area contributed by atoms with Crippen LogP contribution in [0.1, 0.15) is 57.8 Å². The van der Waals surface area contributed by atoms with Crippen LogP contribution >= 0.6 is 0 Å². The van der Waals surface area contributed by atoms with Crippen LogP contribution in [0.2, 0.25) is 0 Å². The number of hydrogen-bond acceptors (Lipinski definition) is 9. The molecular formula is C34H38N6O8S. The molecule has 3 fully saturated rings. The van der Waals surface area contributed by atoms with Gasteiger partial charge in [0.25, 0.3) is 5.91 Å². The first-order valence-electron chi connectivity index (χ1n) is 16.7. The number of aromatic nitrogens is 2. The summed E-state index contributed by atoms with van der Waals surface area (Å²) in [4.78, 5) is 63.9. The number of ether oxygens (including phenoxy) is 1. The highest BCUT2D eigenvalue weighted by Gasteiger charge is 2.62. The van der Waals surface area contributed by atoms with Crippen molar-refractivity contribution in [1.82, 2.24) is 30.2 Å². The molecule has 3 aromatic rings. The molecule has 0 radical (unpaired) electrons. The maximum Gasteiger partial charge on any atom is 0.405 e. The third-order valence-electron chi connectivity index (χ3n) is 9.86. The molecule has 2 aliphatic carbocycles. The molecule has 14 nitrogen and oxygen atoms in total. The number of carbonyl (C=O) groups is 4. The van der Waals surface area contributed by atoms with E-state index >= 15 is 0 Å². The van der Waals surface area contributed by atoms with Crippen molar-refractivity contribution in [3.05, 3.63) is 54.7 Å². The molecule has 4 N–H and O–H groups in total. The van der Waals surface area contributed by atoms with Gasteiger partial charge in [-0.1, -0.05) is 43.2 Å². The number of hydrogen-bond donors (Lipinski definition) is 4. The molecule has 4 amide bonds. The minimum absolute atomic E-state index is 0.0200. The quantitative estimate of drug-likeness (QED) is 0.221. The van der Waals surface area contributed by atoms with Gasteiger partial charge in [0.1, 0.15) is 23.7 Å². The van der Waals surface area contributed by atoms with Gasteiger partial charge in [0.05, 0.1) is 11.8 Å². The van der Waals surface area contributed by atoms with E-state index in [0.717, 1.165) is 23.6 Å². The Bertz CT molecular complexity index is 1970. The topological polar surface area (TPSA) is 197 Å². The monoisotopic (exact) mass is 690 g/mol. The zero-order valence-electron chi connectivity index (χ0n) is 26.7. The second-order valence-corrected chi connectivity index (χ2v) is 15.3. The van der Waals surface area contributed by atoms with E-state index in [1.54, 1.807) is 6.20 Å². The van der Waals surface area contributed by atoms with Crippen LogP contribution < -0.4 is 20.1 Å². The number of benzene rings is 1. The first-order valence-corrected chi connectivity index (χ1v) is 18.3. The van der Waals surface area contributed by atoms with Gasteiger partial charge in [0, 0.05) is 29.3 Å². The molecule has 2 saturated carbocycles. The van der Waals surface area contributed by atoms with Crippen LogP contribution in [-0.2, 0) is 24.4 Å². The van der Waals surface area contributed by atoms with Crippen molar-refractivity contribution in [2.75, 3.05) is 6.54 Å². The van der Waals surface area contributed by atoms with E-state index in [1.807, 2.05) is 48.6 Å². The van der Waals surface area contributed by atoms with E-state index in [9.17, 15) is 32.7 Å². The molecule has 258 valence electrons.